The van der Waals surface area contributed by atoms with Crippen LogP contribution in [0.4, 0.5) is 5.69 Å². The zero-order valence-electron chi connectivity index (χ0n) is 18.0. The van der Waals surface area contributed by atoms with E-state index in [2.05, 4.69) is 10.6 Å². The van der Waals surface area contributed by atoms with Gasteiger partial charge in [-0.15, -0.1) is 0 Å². The molecule has 0 saturated heterocycles. The smallest absolute Gasteiger partial charge is 0.251 e. The molecule has 0 atom stereocenters. The van der Waals surface area contributed by atoms with Gasteiger partial charge in [-0.25, -0.2) is 0 Å². The Balaban J connectivity index is 1.90. The summed E-state index contributed by atoms with van der Waals surface area (Å²) in [6, 6.07) is 9.53. The van der Waals surface area contributed by atoms with Crippen LogP contribution in [0.25, 0.3) is 0 Å². The number of nitrogens with one attached hydrogen (secondary N) is 2. The molecule has 0 aliphatic heterocycles. The third-order valence-electron chi connectivity index (χ3n) is 4.63. The van der Waals surface area contributed by atoms with Gasteiger partial charge in [0.05, 0.1) is 13.1 Å². The molecule has 2 aromatic rings. The van der Waals surface area contributed by atoms with E-state index in [1.54, 1.807) is 19.2 Å². The average molecular weight is 396 g/mol. The van der Waals surface area contributed by atoms with Crippen LogP contribution in [0.3, 0.4) is 0 Å². The van der Waals surface area contributed by atoms with Gasteiger partial charge in [0.2, 0.25) is 11.8 Å². The van der Waals surface area contributed by atoms with Gasteiger partial charge < -0.3 is 15.5 Å². The van der Waals surface area contributed by atoms with E-state index in [-0.39, 0.29) is 30.8 Å². The Morgan fingerprint density at radius 1 is 0.828 bits per heavy atom. The maximum Gasteiger partial charge on any atom is 0.251 e. The molecule has 0 fully saturated rings. The van der Waals surface area contributed by atoms with Crippen LogP contribution in [0.2, 0.25) is 0 Å². The van der Waals surface area contributed by atoms with Crippen molar-refractivity contribution >= 4 is 23.4 Å². The highest BCUT2D eigenvalue weighted by atomic mass is 16.2. The number of likely N-dealkylation sites (N-methyl/N-ethyl adjacent to an activating group) is 1. The van der Waals surface area contributed by atoms with E-state index >= 15 is 0 Å². The fourth-order valence-corrected chi connectivity index (χ4v) is 3.36. The van der Waals surface area contributed by atoms with Crippen LogP contribution in [0.1, 0.15) is 38.2 Å². The molecule has 0 saturated carbocycles. The number of carbonyl (C=O) groups excluding carboxylic acids is 3. The maximum atomic E-state index is 12.4. The van der Waals surface area contributed by atoms with Gasteiger partial charge in [0.15, 0.2) is 0 Å². The van der Waals surface area contributed by atoms with E-state index in [0.717, 1.165) is 33.5 Å². The lowest BCUT2D eigenvalue weighted by molar-refractivity contribution is -0.132. The molecule has 0 bridgehead atoms. The highest BCUT2D eigenvalue weighted by molar-refractivity contribution is 5.98. The molecule has 0 aliphatic rings. The molecule has 0 unspecified atom stereocenters. The molecular formula is C23H29N3O3. The van der Waals surface area contributed by atoms with Crippen molar-refractivity contribution in [3.8, 4) is 0 Å². The second kappa shape index (κ2) is 9.37. The third kappa shape index (κ3) is 6.17. The standard InChI is InChI=1S/C23H29N3O3/c1-14-7-15(2)11-19(10-14)23(29)24-12-21(28)26(6)13-20(27)25-22-17(4)8-16(3)9-18(22)5/h7-11H,12-13H2,1-6H3,(H,24,29)(H,25,27). The summed E-state index contributed by atoms with van der Waals surface area (Å²) in [5.74, 6) is -0.930. The molecule has 6 heteroatoms. The highest BCUT2D eigenvalue weighted by Gasteiger charge is 2.16. The number of benzene rings is 2. The predicted molar refractivity (Wildman–Crippen MR) is 115 cm³/mol. The number of amides is 3. The van der Waals surface area contributed by atoms with Crippen LogP contribution in [0, 0.1) is 34.6 Å². The fraction of sp³-hybridized carbons (Fsp3) is 0.348. The Hall–Kier alpha value is -3.15. The van der Waals surface area contributed by atoms with Crippen LogP contribution in [-0.2, 0) is 9.59 Å². The maximum absolute atomic E-state index is 12.4. The van der Waals surface area contributed by atoms with Crippen molar-refractivity contribution in [2.45, 2.75) is 34.6 Å². The van der Waals surface area contributed by atoms with Gasteiger partial charge in [-0.2, -0.15) is 0 Å². The lowest BCUT2D eigenvalue weighted by Crippen LogP contribution is -2.41. The number of carbonyl (C=O) groups is 3. The first-order chi connectivity index (χ1) is 13.6. The van der Waals surface area contributed by atoms with E-state index in [1.165, 1.54) is 4.90 Å². The Morgan fingerprint density at radius 3 is 1.90 bits per heavy atom. The highest BCUT2D eigenvalue weighted by Crippen LogP contribution is 2.21. The first-order valence-electron chi connectivity index (χ1n) is 9.55. The third-order valence-corrected chi connectivity index (χ3v) is 4.63. The van der Waals surface area contributed by atoms with E-state index in [4.69, 9.17) is 0 Å². The Morgan fingerprint density at radius 2 is 1.34 bits per heavy atom. The molecule has 29 heavy (non-hydrogen) atoms. The molecule has 6 nitrogen and oxygen atoms in total. The second-order valence-electron chi connectivity index (χ2n) is 7.63. The van der Waals surface area contributed by atoms with E-state index in [1.807, 2.05) is 52.8 Å². The number of aryl methyl sites for hydroxylation is 5. The monoisotopic (exact) mass is 395 g/mol. The molecule has 2 N–H and O–H groups in total. The van der Waals surface area contributed by atoms with Crippen molar-refractivity contribution in [1.29, 1.82) is 0 Å². The summed E-state index contributed by atoms with van der Waals surface area (Å²) >= 11 is 0. The van der Waals surface area contributed by atoms with Crippen molar-refractivity contribution < 1.29 is 14.4 Å². The van der Waals surface area contributed by atoms with Gasteiger partial charge in [0, 0.05) is 18.3 Å². The molecule has 3 amide bonds. The van der Waals surface area contributed by atoms with Gasteiger partial charge >= 0.3 is 0 Å². The van der Waals surface area contributed by atoms with Crippen molar-refractivity contribution in [1.82, 2.24) is 10.2 Å². The minimum Gasteiger partial charge on any atom is -0.343 e. The summed E-state index contributed by atoms with van der Waals surface area (Å²) in [7, 11) is 1.54. The van der Waals surface area contributed by atoms with Gasteiger partial charge in [-0.05, 0) is 57.9 Å². The van der Waals surface area contributed by atoms with Crippen molar-refractivity contribution in [2.24, 2.45) is 0 Å². The minimum absolute atomic E-state index is 0.0922. The van der Waals surface area contributed by atoms with Gasteiger partial charge in [-0.1, -0.05) is 34.9 Å². The SMILES string of the molecule is Cc1cc(C)cc(C(=O)NCC(=O)N(C)CC(=O)Nc2c(C)cc(C)cc2C)c1. The first kappa shape index (κ1) is 22.1. The van der Waals surface area contributed by atoms with Crippen LogP contribution in [0.15, 0.2) is 30.3 Å². The predicted octanol–water partition coefficient (Wildman–Crippen LogP) is 3.06. The molecule has 154 valence electrons. The Bertz CT molecular complexity index is 907. The Labute approximate surface area is 172 Å². The van der Waals surface area contributed by atoms with Gasteiger partial charge in [0.25, 0.3) is 5.91 Å². The van der Waals surface area contributed by atoms with Gasteiger partial charge in [-0.3, -0.25) is 14.4 Å². The average Bonchev–Trinajstić information content (AvgIpc) is 2.61. The zero-order valence-corrected chi connectivity index (χ0v) is 18.0. The number of nitrogens with zero attached hydrogens (tertiary/aromatic N) is 1. The fourth-order valence-electron chi connectivity index (χ4n) is 3.36. The van der Waals surface area contributed by atoms with E-state index in [0.29, 0.717) is 5.56 Å². The molecule has 2 aromatic carbocycles. The Kier molecular flexibility index (Phi) is 7.15. The minimum atomic E-state index is -0.338. The summed E-state index contributed by atoms with van der Waals surface area (Å²) in [4.78, 5) is 38.3. The molecule has 0 spiro atoms. The topological polar surface area (TPSA) is 78.5 Å². The van der Waals surface area contributed by atoms with Gasteiger partial charge in [0.1, 0.15) is 0 Å². The summed E-state index contributed by atoms with van der Waals surface area (Å²) in [6.45, 7) is 9.45. The van der Waals surface area contributed by atoms with Crippen LogP contribution >= 0.6 is 0 Å². The summed E-state index contributed by atoms with van der Waals surface area (Å²) < 4.78 is 0. The van der Waals surface area contributed by atoms with Crippen molar-refractivity contribution in [3.05, 3.63) is 63.7 Å². The normalized spacial score (nSPS) is 10.4. The lowest BCUT2D eigenvalue weighted by Gasteiger charge is -2.19. The summed E-state index contributed by atoms with van der Waals surface area (Å²) in [5, 5.41) is 5.49. The van der Waals surface area contributed by atoms with E-state index in [9.17, 15) is 14.4 Å². The molecule has 0 aromatic heterocycles. The summed E-state index contributed by atoms with van der Waals surface area (Å²) in [5.41, 5.74) is 6.33. The first-order valence-corrected chi connectivity index (χ1v) is 9.55. The number of hydrogen-bond acceptors (Lipinski definition) is 3. The van der Waals surface area contributed by atoms with Crippen LogP contribution in [0.5, 0.6) is 0 Å². The number of hydrogen-bond donors (Lipinski definition) is 2. The zero-order chi connectivity index (χ0) is 21.7. The molecular weight excluding hydrogens is 366 g/mol. The number of anilines is 1. The van der Waals surface area contributed by atoms with E-state index < -0.39 is 0 Å². The number of rotatable bonds is 6. The second-order valence-corrected chi connectivity index (χ2v) is 7.63. The summed E-state index contributed by atoms with van der Waals surface area (Å²) in [6.07, 6.45) is 0. The van der Waals surface area contributed by atoms with Crippen LogP contribution < -0.4 is 10.6 Å². The lowest BCUT2D eigenvalue weighted by atomic mass is 10.1. The molecule has 0 heterocycles. The molecule has 0 radical (unpaired) electrons. The largest absolute Gasteiger partial charge is 0.343 e. The van der Waals surface area contributed by atoms with Crippen molar-refractivity contribution in [2.75, 3.05) is 25.5 Å². The quantitative estimate of drug-likeness (QED) is 0.789. The molecule has 2 rings (SSSR count). The van der Waals surface area contributed by atoms with Crippen LogP contribution in [-0.4, -0.2) is 42.8 Å². The molecule has 0 aliphatic carbocycles. The van der Waals surface area contributed by atoms with Crippen molar-refractivity contribution in [3.63, 3.8) is 0 Å².